The van der Waals surface area contributed by atoms with Crippen LogP contribution in [-0.2, 0) is 4.79 Å². The molecule has 2 aromatic rings. The van der Waals surface area contributed by atoms with E-state index in [1.807, 2.05) is 6.92 Å². The Morgan fingerprint density at radius 3 is 2.90 bits per heavy atom. The molecule has 2 heterocycles. The summed E-state index contributed by atoms with van der Waals surface area (Å²) in [5.74, 6) is -1.55. The first-order valence-corrected chi connectivity index (χ1v) is 6.32. The molecule has 7 nitrogen and oxygen atoms in total. The highest BCUT2D eigenvalue weighted by molar-refractivity contribution is 6.02. The number of aromatic nitrogens is 3. The van der Waals surface area contributed by atoms with Gasteiger partial charge < -0.3 is 10.4 Å². The first-order valence-electron chi connectivity index (χ1n) is 6.32. The zero-order valence-corrected chi connectivity index (χ0v) is 11.3. The average molecular weight is 276 g/mol. The van der Waals surface area contributed by atoms with Gasteiger partial charge in [0.15, 0.2) is 5.65 Å². The summed E-state index contributed by atoms with van der Waals surface area (Å²) < 4.78 is 1.47. The van der Waals surface area contributed by atoms with E-state index in [4.69, 9.17) is 0 Å². The van der Waals surface area contributed by atoms with Crippen molar-refractivity contribution in [3.8, 4) is 0 Å². The minimum absolute atomic E-state index is 0.258. The predicted octanol–water partition coefficient (Wildman–Crippen LogP) is 1.10. The van der Waals surface area contributed by atoms with E-state index < -0.39 is 17.4 Å². The fraction of sp³-hybridized carbons (Fsp3) is 0.385. The molecule has 0 fully saturated rings. The maximum Gasteiger partial charge on any atom is 0.329 e. The van der Waals surface area contributed by atoms with Crippen LogP contribution in [0, 0.1) is 0 Å². The minimum Gasteiger partial charge on any atom is -0.480 e. The van der Waals surface area contributed by atoms with Gasteiger partial charge in [0.05, 0.1) is 6.20 Å². The Hall–Kier alpha value is -2.44. The third-order valence-electron chi connectivity index (χ3n) is 3.14. The van der Waals surface area contributed by atoms with Crippen LogP contribution in [0.3, 0.4) is 0 Å². The molecule has 0 aliphatic heterocycles. The summed E-state index contributed by atoms with van der Waals surface area (Å²) in [6.07, 6.45) is 5.60. The number of hydrogen-bond acceptors (Lipinski definition) is 4. The van der Waals surface area contributed by atoms with Gasteiger partial charge in [-0.1, -0.05) is 13.3 Å². The number of carbonyl (C=O) groups is 2. The molecule has 0 radical (unpaired) electrons. The quantitative estimate of drug-likeness (QED) is 0.852. The smallest absolute Gasteiger partial charge is 0.329 e. The highest BCUT2D eigenvalue weighted by Crippen LogP contribution is 2.15. The van der Waals surface area contributed by atoms with E-state index >= 15 is 0 Å². The summed E-state index contributed by atoms with van der Waals surface area (Å²) in [4.78, 5) is 27.7. The van der Waals surface area contributed by atoms with E-state index in [1.54, 1.807) is 18.5 Å². The molecule has 0 aliphatic rings. The standard InChI is InChI=1S/C13H16N4O3/c1-3-5-13(2,12(19)20)16-11(18)9-8-15-17-7-4-6-14-10(9)17/h4,6-8H,3,5H2,1-2H3,(H,16,18)(H,19,20). The topological polar surface area (TPSA) is 96.6 Å². The maximum atomic E-state index is 12.2. The fourth-order valence-electron chi connectivity index (χ4n) is 2.03. The Labute approximate surface area is 115 Å². The van der Waals surface area contributed by atoms with Gasteiger partial charge in [0.2, 0.25) is 0 Å². The van der Waals surface area contributed by atoms with Crippen molar-refractivity contribution in [3.05, 3.63) is 30.2 Å². The molecule has 2 N–H and O–H groups in total. The van der Waals surface area contributed by atoms with Crippen LogP contribution in [0.15, 0.2) is 24.7 Å². The zero-order chi connectivity index (χ0) is 14.8. The number of amides is 1. The SMILES string of the molecule is CCCC(C)(NC(=O)c1cnn2cccnc12)C(=O)O. The van der Waals surface area contributed by atoms with Crippen LogP contribution in [0.2, 0.25) is 0 Å². The first-order chi connectivity index (χ1) is 9.48. The molecule has 1 unspecified atom stereocenters. The van der Waals surface area contributed by atoms with E-state index in [0.717, 1.165) is 0 Å². The Kier molecular flexibility index (Phi) is 3.69. The van der Waals surface area contributed by atoms with Crippen LogP contribution in [0.25, 0.3) is 5.65 Å². The van der Waals surface area contributed by atoms with Crippen LogP contribution in [0.4, 0.5) is 0 Å². The Morgan fingerprint density at radius 2 is 2.25 bits per heavy atom. The second-order valence-corrected chi connectivity index (χ2v) is 4.79. The highest BCUT2D eigenvalue weighted by atomic mass is 16.4. The monoisotopic (exact) mass is 276 g/mol. The van der Waals surface area contributed by atoms with E-state index in [1.165, 1.54) is 17.6 Å². The van der Waals surface area contributed by atoms with Crippen molar-refractivity contribution in [2.24, 2.45) is 0 Å². The lowest BCUT2D eigenvalue weighted by Crippen LogP contribution is -2.52. The van der Waals surface area contributed by atoms with Crippen LogP contribution >= 0.6 is 0 Å². The summed E-state index contributed by atoms with van der Waals surface area (Å²) in [6, 6.07) is 1.69. The van der Waals surface area contributed by atoms with Crippen molar-refractivity contribution in [3.63, 3.8) is 0 Å². The number of rotatable bonds is 5. The van der Waals surface area contributed by atoms with E-state index in [9.17, 15) is 14.7 Å². The number of nitrogens with zero attached hydrogens (tertiary/aromatic N) is 3. The molecule has 106 valence electrons. The lowest BCUT2D eigenvalue weighted by molar-refractivity contribution is -0.144. The molecule has 1 amide bonds. The largest absolute Gasteiger partial charge is 0.480 e. The average Bonchev–Trinajstić information content (AvgIpc) is 2.82. The lowest BCUT2D eigenvalue weighted by Gasteiger charge is -2.25. The van der Waals surface area contributed by atoms with Crippen LogP contribution in [0.1, 0.15) is 37.0 Å². The van der Waals surface area contributed by atoms with Gasteiger partial charge in [-0.15, -0.1) is 0 Å². The number of fused-ring (bicyclic) bond motifs is 1. The van der Waals surface area contributed by atoms with E-state index in [2.05, 4.69) is 15.4 Å². The number of carboxylic acids is 1. The number of carbonyl (C=O) groups excluding carboxylic acids is 1. The minimum atomic E-state index is -1.30. The number of hydrogen-bond donors (Lipinski definition) is 2. The third-order valence-corrected chi connectivity index (χ3v) is 3.14. The summed E-state index contributed by atoms with van der Waals surface area (Å²) in [7, 11) is 0. The number of aliphatic carboxylic acids is 1. The maximum absolute atomic E-state index is 12.2. The number of nitrogens with one attached hydrogen (secondary N) is 1. The van der Waals surface area contributed by atoms with Crippen molar-refractivity contribution in [1.29, 1.82) is 0 Å². The molecule has 2 aromatic heterocycles. The van der Waals surface area contributed by atoms with Gasteiger partial charge in [-0.3, -0.25) is 4.79 Å². The highest BCUT2D eigenvalue weighted by Gasteiger charge is 2.34. The van der Waals surface area contributed by atoms with Crippen molar-refractivity contribution in [1.82, 2.24) is 19.9 Å². The molecule has 0 saturated heterocycles. The third kappa shape index (κ3) is 2.47. The fourth-order valence-corrected chi connectivity index (χ4v) is 2.03. The van der Waals surface area contributed by atoms with Gasteiger partial charge >= 0.3 is 5.97 Å². The number of carboxylic acid groups (broad SMARTS) is 1. The van der Waals surface area contributed by atoms with Gasteiger partial charge in [-0.2, -0.15) is 5.10 Å². The Morgan fingerprint density at radius 1 is 1.50 bits per heavy atom. The van der Waals surface area contributed by atoms with Gasteiger partial charge in [0.25, 0.3) is 5.91 Å². The molecule has 20 heavy (non-hydrogen) atoms. The summed E-state index contributed by atoms with van der Waals surface area (Å²) in [5, 5.41) is 15.8. The normalized spacial score (nSPS) is 13.9. The Bertz CT molecular complexity index is 652. The van der Waals surface area contributed by atoms with Crippen LogP contribution in [0.5, 0.6) is 0 Å². The molecular weight excluding hydrogens is 260 g/mol. The lowest BCUT2D eigenvalue weighted by atomic mass is 9.96. The molecule has 0 aliphatic carbocycles. The van der Waals surface area contributed by atoms with Crippen molar-refractivity contribution in [2.45, 2.75) is 32.2 Å². The van der Waals surface area contributed by atoms with Gasteiger partial charge in [0.1, 0.15) is 11.1 Å². The molecule has 0 spiro atoms. The molecule has 0 aromatic carbocycles. The molecule has 0 saturated carbocycles. The molecule has 0 bridgehead atoms. The van der Waals surface area contributed by atoms with Gasteiger partial charge in [-0.25, -0.2) is 14.3 Å². The van der Waals surface area contributed by atoms with Crippen molar-refractivity contribution >= 4 is 17.5 Å². The van der Waals surface area contributed by atoms with Gasteiger partial charge in [-0.05, 0) is 19.4 Å². The van der Waals surface area contributed by atoms with Crippen molar-refractivity contribution < 1.29 is 14.7 Å². The first kappa shape index (κ1) is 14.0. The second kappa shape index (κ2) is 5.28. The molecule has 1 atom stereocenters. The van der Waals surface area contributed by atoms with Crippen molar-refractivity contribution in [2.75, 3.05) is 0 Å². The van der Waals surface area contributed by atoms with E-state index in [0.29, 0.717) is 18.5 Å². The molecule has 2 rings (SSSR count). The Balaban J connectivity index is 2.29. The summed E-state index contributed by atoms with van der Waals surface area (Å²) in [5.41, 5.74) is -0.641. The van der Waals surface area contributed by atoms with Gasteiger partial charge in [0, 0.05) is 12.4 Å². The molecular formula is C13H16N4O3. The molecule has 7 heteroatoms. The second-order valence-electron chi connectivity index (χ2n) is 4.79. The predicted molar refractivity (Wildman–Crippen MR) is 71.4 cm³/mol. The van der Waals surface area contributed by atoms with Crippen LogP contribution < -0.4 is 5.32 Å². The van der Waals surface area contributed by atoms with E-state index in [-0.39, 0.29) is 5.56 Å². The summed E-state index contributed by atoms with van der Waals surface area (Å²) >= 11 is 0. The van der Waals surface area contributed by atoms with Crippen LogP contribution in [-0.4, -0.2) is 37.1 Å². The summed E-state index contributed by atoms with van der Waals surface area (Å²) in [6.45, 7) is 3.36. The zero-order valence-electron chi connectivity index (χ0n) is 11.3.